The van der Waals surface area contributed by atoms with E-state index >= 15 is 0 Å². The Kier molecular flexibility index (Phi) is 6.71. The summed E-state index contributed by atoms with van der Waals surface area (Å²) in [5, 5.41) is 0. The van der Waals surface area contributed by atoms with Crippen molar-refractivity contribution in [1.29, 1.82) is 0 Å². The topological polar surface area (TPSA) is 40.6 Å². The van der Waals surface area contributed by atoms with E-state index in [0.717, 1.165) is 32.5 Å². The number of sulfonamides is 1. The number of nitrogens with zero attached hydrogens (tertiary/aromatic N) is 2. The van der Waals surface area contributed by atoms with Gasteiger partial charge in [0.25, 0.3) is 0 Å². The van der Waals surface area contributed by atoms with E-state index in [2.05, 4.69) is 11.0 Å². The van der Waals surface area contributed by atoms with Crippen LogP contribution < -0.4 is 0 Å². The van der Waals surface area contributed by atoms with Crippen molar-refractivity contribution < 1.29 is 8.42 Å². The number of unbranched alkanes of at least 4 members (excludes halogenated alkanes) is 1. The highest BCUT2D eigenvalue weighted by Gasteiger charge is 2.26. The lowest BCUT2D eigenvalue weighted by molar-refractivity contribution is 0.189. The van der Waals surface area contributed by atoms with E-state index in [4.69, 9.17) is 0 Å². The summed E-state index contributed by atoms with van der Waals surface area (Å²) in [5.74, 6) is 0.316. The first-order valence-corrected chi connectivity index (χ1v) is 10.1. The quantitative estimate of drug-likeness (QED) is 0.678. The van der Waals surface area contributed by atoms with Crippen molar-refractivity contribution >= 4 is 10.0 Å². The van der Waals surface area contributed by atoms with Gasteiger partial charge in [-0.25, -0.2) is 8.42 Å². The lowest BCUT2D eigenvalue weighted by atomic mass is 9.97. The molecule has 2 rings (SSSR count). The molecule has 0 N–H and O–H groups in total. The van der Waals surface area contributed by atoms with Crippen LogP contribution in [-0.2, 0) is 10.0 Å². The lowest BCUT2D eigenvalue weighted by Gasteiger charge is -2.34. The standard InChI is InChI=1S/C16H30N2O2S/c1-2-3-15-21(19,20)18-13-11-17(12-14-18)10-9-16-7-5-4-6-8-16/h7H,2-6,8-15H2,1H3. The molecule has 0 bridgehead atoms. The van der Waals surface area contributed by atoms with Crippen LogP contribution in [0.3, 0.4) is 0 Å². The van der Waals surface area contributed by atoms with Crippen molar-refractivity contribution in [2.24, 2.45) is 0 Å². The molecule has 0 spiro atoms. The molecule has 1 heterocycles. The Morgan fingerprint density at radius 2 is 1.90 bits per heavy atom. The first-order valence-electron chi connectivity index (χ1n) is 8.50. The molecule has 1 aliphatic heterocycles. The van der Waals surface area contributed by atoms with Gasteiger partial charge < -0.3 is 4.90 Å². The van der Waals surface area contributed by atoms with E-state index in [1.807, 2.05) is 6.92 Å². The van der Waals surface area contributed by atoms with Gasteiger partial charge in [0.2, 0.25) is 10.0 Å². The second-order valence-corrected chi connectivity index (χ2v) is 8.36. The number of rotatable bonds is 7. The van der Waals surface area contributed by atoms with Crippen LogP contribution in [0.1, 0.15) is 51.9 Å². The summed E-state index contributed by atoms with van der Waals surface area (Å²) >= 11 is 0. The third-order valence-electron chi connectivity index (χ3n) is 4.61. The fourth-order valence-corrected chi connectivity index (χ4v) is 4.75. The molecule has 4 nitrogen and oxygen atoms in total. The number of hydrogen-bond acceptors (Lipinski definition) is 3. The predicted molar refractivity (Wildman–Crippen MR) is 87.9 cm³/mol. The van der Waals surface area contributed by atoms with E-state index in [9.17, 15) is 8.42 Å². The molecule has 2 aliphatic rings. The van der Waals surface area contributed by atoms with Crippen molar-refractivity contribution in [3.63, 3.8) is 0 Å². The normalized spacial score (nSPS) is 22.2. The molecular formula is C16H30N2O2S. The van der Waals surface area contributed by atoms with Crippen molar-refractivity contribution in [3.8, 4) is 0 Å². The average molecular weight is 314 g/mol. The number of hydrogen-bond donors (Lipinski definition) is 0. The summed E-state index contributed by atoms with van der Waals surface area (Å²) < 4.78 is 26.0. The minimum absolute atomic E-state index is 0.316. The van der Waals surface area contributed by atoms with Gasteiger partial charge >= 0.3 is 0 Å². The summed E-state index contributed by atoms with van der Waals surface area (Å²) in [6.45, 7) is 6.25. The van der Waals surface area contributed by atoms with Gasteiger partial charge in [0, 0.05) is 32.7 Å². The maximum atomic E-state index is 12.2. The Labute approximate surface area is 130 Å². The highest BCUT2D eigenvalue weighted by Crippen LogP contribution is 2.20. The summed E-state index contributed by atoms with van der Waals surface area (Å²) in [4.78, 5) is 2.42. The smallest absolute Gasteiger partial charge is 0.214 e. The Hall–Kier alpha value is -0.390. The Bertz CT molecular complexity index is 437. The molecule has 122 valence electrons. The molecule has 0 saturated carbocycles. The summed E-state index contributed by atoms with van der Waals surface area (Å²) in [5.41, 5.74) is 1.61. The van der Waals surface area contributed by atoms with Crippen LogP contribution in [0.2, 0.25) is 0 Å². The minimum Gasteiger partial charge on any atom is -0.300 e. The van der Waals surface area contributed by atoms with Crippen LogP contribution >= 0.6 is 0 Å². The molecule has 0 amide bonds. The van der Waals surface area contributed by atoms with E-state index in [-0.39, 0.29) is 0 Å². The molecule has 21 heavy (non-hydrogen) atoms. The van der Waals surface area contributed by atoms with Crippen molar-refractivity contribution in [3.05, 3.63) is 11.6 Å². The van der Waals surface area contributed by atoms with E-state index in [1.54, 1.807) is 9.88 Å². The van der Waals surface area contributed by atoms with Gasteiger partial charge in [-0.05, 0) is 38.5 Å². The van der Waals surface area contributed by atoms with E-state index in [1.165, 1.54) is 32.1 Å². The van der Waals surface area contributed by atoms with E-state index < -0.39 is 10.0 Å². The Morgan fingerprint density at radius 1 is 1.14 bits per heavy atom. The summed E-state index contributed by atoms with van der Waals surface area (Å²) in [6.07, 6.45) is 10.5. The van der Waals surface area contributed by atoms with Crippen LogP contribution in [0.5, 0.6) is 0 Å². The first kappa shape index (κ1) is 17.0. The van der Waals surface area contributed by atoms with Crippen LogP contribution in [0.25, 0.3) is 0 Å². The number of allylic oxidation sites excluding steroid dienone is 1. The number of piperazine rings is 1. The summed E-state index contributed by atoms with van der Waals surface area (Å²) in [7, 11) is -3.01. The summed E-state index contributed by atoms with van der Waals surface area (Å²) in [6, 6.07) is 0. The van der Waals surface area contributed by atoms with Gasteiger partial charge in [-0.3, -0.25) is 0 Å². The predicted octanol–water partition coefficient (Wildman–Crippen LogP) is 2.62. The maximum Gasteiger partial charge on any atom is 0.214 e. The van der Waals surface area contributed by atoms with Gasteiger partial charge in [0.05, 0.1) is 5.75 Å². The Morgan fingerprint density at radius 3 is 2.52 bits per heavy atom. The highest BCUT2D eigenvalue weighted by atomic mass is 32.2. The third-order valence-corrected chi connectivity index (χ3v) is 6.57. The molecule has 5 heteroatoms. The van der Waals surface area contributed by atoms with Crippen LogP contribution in [0, 0.1) is 0 Å². The molecule has 1 fully saturated rings. The molecular weight excluding hydrogens is 284 g/mol. The van der Waals surface area contributed by atoms with Gasteiger partial charge in [-0.15, -0.1) is 0 Å². The van der Waals surface area contributed by atoms with Gasteiger partial charge in [-0.2, -0.15) is 4.31 Å². The zero-order chi connectivity index (χ0) is 15.1. The largest absolute Gasteiger partial charge is 0.300 e. The van der Waals surface area contributed by atoms with Gasteiger partial charge in [-0.1, -0.05) is 25.0 Å². The SMILES string of the molecule is CCCCS(=O)(=O)N1CCN(CCC2=CCCCC2)CC1. The zero-order valence-corrected chi connectivity index (χ0v) is 14.2. The first-order chi connectivity index (χ1) is 10.1. The van der Waals surface area contributed by atoms with Crippen LogP contribution in [0.15, 0.2) is 11.6 Å². The molecule has 1 aliphatic carbocycles. The van der Waals surface area contributed by atoms with Gasteiger partial charge in [0.1, 0.15) is 0 Å². The van der Waals surface area contributed by atoms with E-state index in [0.29, 0.717) is 18.8 Å². The van der Waals surface area contributed by atoms with Crippen molar-refractivity contribution in [2.75, 3.05) is 38.5 Å². The Balaban J connectivity index is 1.71. The molecule has 1 saturated heterocycles. The maximum absolute atomic E-state index is 12.2. The average Bonchev–Trinajstić information content (AvgIpc) is 2.52. The van der Waals surface area contributed by atoms with Crippen LogP contribution in [-0.4, -0.2) is 56.1 Å². The van der Waals surface area contributed by atoms with Crippen LogP contribution in [0.4, 0.5) is 0 Å². The third kappa shape index (κ3) is 5.38. The second kappa shape index (κ2) is 8.30. The van der Waals surface area contributed by atoms with Crippen molar-refractivity contribution in [1.82, 2.24) is 9.21 Å². The molecule has 0 aromatic heterocycles. The fourth-order valence-electron chi connectivity index (χ4n) is 3.12. The monoisotopic (exact) mass is 314 g/mol. The molecule has 0 atom stereocenters. The fraction of sp³-hybridized carbons (Fsp3) is 0.875. The molecule has 0 aromatic carbocycles. The minimum atomic E-state index is -3.01. The molecule has 0 aromatic rings. The molecule has 0 unspecified atom stereocenters. The molecule has 0 radical (unpaired) electrons. The highest BCUT2D eigenvalue weighted by molar-refractivity contribution is 7.89. The lowest BCUT2D eigenvalue weighted by Crippen LogP contribution is -2.49. The van der Waals surface area contributed by atoms with Gasteiger partial charge in [0.15, 0.2) is 0 Å². The second-order valence-electron chi connectivity index (χ2n) is 6.27. The van der Waals surface area contributed by atoms with Crippen molar-refractivity contribution in [2.45, 2.75) is 51.9 Å². The zero-order valence-electron chi connectivity index (χ0n) is 13.4.